The zero-order valence-corrected chi connectivity index (χ0v) is 13.3. The first kappa shape index (κ1) is 13.9. The van der Waals surface area contributed by atoms with Crippen LogP contribution in [-0.2, 0) is 0 Å². The van der Waals surface area contributed by atoms with Crippen molar-refractivity contribution < 1.29 is 13.9 Å². The molecule has 3 rings (SSSR count). The van der Waals surface area contributed by atoms with E-state index in [2.05, 4.69) is 22.6 Å². The number of alkyl halides is 1. The molecule has 0 aliphatic carbocycles. The monoisotopic (exact) mass is 404 g/mol. The van der Waals surface area contributed by atoms with Crippen molar-refractivity contribution >= 4 is 34.2 Å². The Morgan fingerprint density at radius 2 is 1.80 bits per heavy atom. The second kappa shape index (κ2) is 5.77. The summed E-state index contributed by atoms with van der Waals surface area (Å²) in [4.78, 5) is 0. The van der Waals surface area contributed by atoms with E-state index in [4.69, 9.17) is 21.1 Å². The van der Waals surface area contributed by atoms with Crippen LogP contribution < -0.4 is 9.47 Å². The lowest BCUT2D eigenvalue weighted by molar-refractivity contribution is 0.171. The molecule has 5 heteroatoms. The van der Waals surface area contributed by atoms with E-state index in [0.717, 1.165) is 20.4 Å². The van der Waals surface area contributed by atoms with Crippen molar-refractivity contribution in [2.24, 2.45) is 0 Å². The molecule has 1 aliphatic heterocycles. The maximum absolute atomic E-state index is 13.2. The second-order valence-corrected chi connectivity index (χ2v) is 6.03. The lowest BCUT2D eigenvalue weighted by atomic mass is 10.0. The smallest absolute Gasteiger partial charge is 0.161 e. The van der Waals surface area contributed by atoms with Crippen LogP contribution in [0.4, 0.5) is 4.39 Å². The van der Waals surface area contributed by atoms with Gasteiger partial charge in [0.25, 0.3) is 0 Å². The first-order valence-corrected chi connectivity index (χ1v) is 7.65. The van der Waals surface area contributed by atoms with Crippen LogP contribution in [0, 0.1) is 9.39 Å². The van der Waals surface area contributed by atoms with Gasteiger partial charge in [-0.1, -0.05) is 12.1 Å². The van der Waals surface area contributed by atoms with Crippen LogP contribution in [0.2, 0.25) is 0 Å². The van der Waals surface area contributed by atoms with Crippen molar-refractivity contribution in [1.82, 2.24) is 0 Å². The molecule has 0 bridgehead atoms. The molecule has 0 radical (unpaired) electrons. The standard InChI is InChI=1S/C15H11ClFIO2/c16-15(11-3-2-10(17)8-12(11)18)9-1-4-13-14(7-9)20-6-5-19-13/h1-4,7-8,15H,5-6H2. The third-order valence-electron chi connectivity index (χ3n) is 3.09. The van der Waals surface area contributed by atoms with E-state index >= 15 is 0 Å². The first-order valence-electron chi connectivity index (χ1n) is 6.14. The minimum atomic E-state index is -0.349. The van der Waals surface area contributed by atoms with Crippen molar-refractivity contribution in [3.05, 3.63) is 56.9 Å². The Labute approximate surface area is 135 Å². The van der Waals surface area contributed by atoms with Gasteiger partial charge in [-0.2, -0.15) is 0 Å². The van der Waals surface area contributed by atoms with Crippen LogP contribution in [0.15, 0.2) is 36.4 Å². The van der Waals surface area contributed by atoms with Crippen LogP contribution in [0.5, 0.6) is 11.5 Å². The molecular weight excluding hydrogens is 394 g/mol. The van der Waals surface area contributed by atoms with Gasteiger partial charge in [0.15, 0.2) is 11.5 Å². The van der Waals surface area contributed by atoms with Gasteiger partial charge in [0.1, 0.15) is 19.0 Å². The van der Waals surface area contributed by atoms with Gasteiger partial charge >= 0.3 is 0 Å². The Morgan fingerprint density at radius 3 is 2.55 bits per heavy atom. The molecule has 1 atom stereocenters. The molecule has 2 nitrogen and oxygen atoms in total. The summed E-state index contributed by atoms with van der Waals surface area (Å²) in [6, 6.07) is 10.3. The molecule has 104 valence electrons. The van der Waals surface area contributed by atoms with Gasteiger partial charge < -0.3 is 9.47 Å². The van der Waals surface area contributed by atoms with Crippen molar-refractivity contribution in [2.75, 3.05) is 13.2 Å². The molecular formula is C15H11ClFIO2. The molecule has 0 N–H and O–H groups in total. The highest BCUT2D eigenvalue weighted by atomic mass is 127. The van der Waals surface area contributed by atoms with Crippen molar-refractivity contribution in [1.29, 1.82) is 0 Å². The van der Waals surface area contributed by atoms with Crippen LogP contribution in [0.1, 0.15) is 16.5 Å². The highest BCUT2D eigenvalue weighted by Gasteiger charge is 2.18. The Kier molecular flexibility index (Phi) is 4.03. The molecule has 0 saturated heterocycles. The van der Waals surface area contributed by atoms with E-state index < -0.39 is 0 Å². The average Bonchev–Trinajstić information content (AvgIpc) is 2.46. The van der Waals surface area contributed by atoms with Crippen LogP contribution in [-0.4, -0.2) is 13.2 Å². The Balaban J connectivity index is 1.95. The number of halogens is 3. The van der Waals surface area contributed by atoms with E-state index in [1.807, 2.05) is 18.2 Å². The third-order valence-corrected chi connectivity index (χ3v) is 4.52. The van der Waals surface area contributed by atoms with Crippen molar-refractivity contribution in [3.63, 3.8) is 0 Å². The van der Waals surface area contributed by atoms with Gasteiger partial charge in [-0.15, -0.1) is 11.6 Å². The summed E-state index contributed by atoms with van der Waals surface area (Å²) in [5, 5.41) is -0.349. The summed E-state index contributed by atoms with van der Waals surface area (Å²) < 4.78 is 25.0. The van der Waals surface area contributed by atoms with Gasteiger partial charge in [-0.3, -0.25) is 0 Å². The predicted octanol–water partition coefficient (Wildman–Crippen LogP) is 4.53. The maximum atomic E-state index is 13.2. The number of rotatable bonds is 2. The zero-order chi connectivity index (χ0) is 14.1. The molecule has 0 fully saturated rings. The highest BCUT2D eigenvalue weighted by molar-refractivity contribution is 14.1. The summed E-state index contributed by atoms with van der Waals surface area (Å²) in [6.07, 6.45) is 0. The summed E-state index contributed by atoms with van der Waals surface area (Å²) in [5.41, 5.74) is 1.78. The van der Waals surface area contributed by atoms with Gasteiger partial charge in [0, 0.05) is 3.57 Å². The molecule has 0 amide bonds. The fourth-order valence-corrected chi connectivity index (χ4v) is 3.40. The molecule has 20 heavy (non-hydrogen) atoms. The summed E-state index contributed by atoms with van der Waals surface area (Å²) in [5.74, 6) is 1.18. The van der Waals surface area contributed by atoms with Crippen LogP contribution >= 0.6 is 34.2 Å². The summed E-state index contributed by atoms with van der Waals surface area (Å²) in [6.45, 7) is 1.10. The minimum Gasteiger partial charge on any atom is -0.486 e. The number of hydrogen-bond acceptors (Lipinski definition) is 2. The second-order valence-electron chi connectivity index (χ2n) is 4.43. The van der Waals surface area contributed by atoms with E-state index in [1.54, 1.807) is 6.07 Å². The normalized spacial score (nSPS) is 14.9. The summed E-state index contributed by atoms with van der Waals surface area (Å²) in [7, 11) is 0. The van der Waals surface area contributed by atoms with E-state index in [9.17, 15) is 4.39 Å². The predicted molar refractivity (Wildman–Crippen MR) is 84.2 cm³/mol. The highest BCUT2D eigenvalue weighted by Crippen LogP contribution is 2.38. The fraction of sp³-hybridized carbons (Fsp3) is 0.200. The molecule has 2 aromatic rings. The Morgan fingerprint density at radius 1 is 1.05 bits per heavy atom. The quantitative estimate of drug-likeness (QED) is 0.541. The van der Waals surface area contributed by atoms with E-state index in [-0.39, 0.29) is 11.2 Å². The molecule has 2 aromatic carbocycles. The fourth-order valence-electron chi connectivity index (χ4n) is 2.10. The summed E-state index contributed by atoms with van der Waals surface area (Å²) >= 11 is 8.60. The maximum Gasteiger partial charge on any atom is 0.161 e. The van der Waals surface area contributed by atoms with Gasteiger partial charge in [0.05, 0.1) is 5.38 Å². The Hall–Kier alpha value is -1.01. The SMILES string of the molecule is Fc1ccc(C(Cl)c2ccc3c(c2)OCCO3)c(I)c1. The van der Waals surface area contributed by atoms with Crippen LogP contribution in [0.3, 0.4) is 0 Å². The number of ether oxygens (including phenoxy) is 2. The lowest BCUT2D eigenvalue weighted by Gasteiger charge is -2.20. The lowest BCUT2D eigenvalue weighted by Crippen LogP contribution is -2.15. The minimum absolute atomic E-state index is 0.260. The van der Waals surface area contributed by atoms with Gasteiger partial charge in [-0.05, 0) is 58.0 Å². The molecule has 1 heterocycles. The average molecular weight is 405 g/mol. The van der Waals surface area contributed by atoms with Crippen molar-refractivity contribution in [2.45, 2.75) is 5.38 Å². The molecule has 1 aliphatic rings. The largest absolute Gasteiger partial charge is 0.486 e. The molecule has 0 aromatic heterocycles. The first-order chi connectivity index (χ1) is 9.65. The molecule has 0 spiro atoms. The third kappa shape index (κ3) is 2.72. The number of hydrogen-bond donors (Lipinski definition) is 0. The molecule has 0 saturated carbocycles. The topological polar surface area (TPSA) is 18.5 Å². The van der Waals surface area contributed by atoms with E-state index in [1.165, 1.54) is 12.1 Å². The van der Waals surface area contributed by atoms with Gasteiger partial charge in [0.2, 0.25) is 0 Å². The van der Waals surface area contributed by atoms with Crippen LogP contribution in [0.25, 0.3) is 0 Å². The van der Waals surface area contributed by atoms with E-state index in [0.29, 0.717) is 19.0 Å². The Bertz CT molecular complexity index is 648. The van der Waals surface area contributed by atoms with Gasteiger partial charge in [-0.25, -0.2) is 4.39 Å². The number of fused-ring (bicyclic) bond motifs is 1. The molecule has 1 unspecified atom stereocenters. The van der Waals surface area contributed by atoms with Crippen molar-refractivity contribution in [3.8, 4) is 11.5 Å². The number of benzene rings is 2. The zero-order valence-electron chi connectivity index (χ0n) is 10.4.